The predicted octanol–water partition coefficient (Wildman–Crippen LogP) is 5.71. The van der Waals surface area contributed by atoms with Crippen molar-refractivity contribution in [1.29, 1.82) is 5.26 Å². The van der Waals surface area contributed by atoms with E-state index < -0.39 is 0 Å². The van der Waals surface area contributed by atoms with Gasteiger partial charge in [-0.25, -0.2) is 9.67 Å². The maximum atomic E-state index is 12.6. The first-order chi connectivity index (χ1) is 18.1. The average molecular weight is 486 g/mol. The van der Waals surface area contributed by atoms with Crippen LogP contribution in [-0.2, 0) is 0 Å². The monoisotopic (exact) mass is 485 g/mol. The summed E-state index contributed by atoms with van der Waals surface area (Å²) in [5.41, 5.74) is 4.52. The van der Waals surface area contributed by atoms with Gasteiger partial charge in [0.15, 0.2) is 5.82 Å². The molecule has 180 valence electrons. The van der Waals surface area contributed by atoms with Crippen LogP contribution in [0.3, 0.4) is 0 Å². The molecule has 0 atom stereocenters. The van der Waals surface area contributed by atoms with Crippen LogP contribution >= 0.6 is 0 Å². The van der Waals surface area contributed by atoms with E-state index in [4.69, 9.17) is 9.84 Å². The number of hydrogen-bond donors (Lipinski definition) is 1. The summed E-state index contributed by atoms with van der Waals surface area (Å²) in [4.78, 5) is 19.9. The van der Waals surface area contributed by atoms with Gasteiger partial charge in [-0.05, 0) is 61.0 Å². The minimum Gasteiger partial charge on any atom is -0.489 e. The molecule has 0 unspecified atom stereocenters. The first-order valence-corrected chi connectivity index (χ1v) is 11.7. The van der Waals surface area contributed by atoms with Crippen molar-refractivity contribution < 1.29 is 4.74 Å². The molecule has 37 heavy (non-hydrogen) atoms. The van der Waals surface area contributed by atoms with Crippen LogP contribution in [0.25, 0.3) is 39.5 Å². The summed E-state index contributed by atoms with van der Waals surface area (Å²) in [6.45, 7) is 6.08. The van der Waals surface area contributed by atoms with Crippen LogP contribution in [0.15, 0.2) is 96.4 Å². The molecular formula is C30H23N5O2. The average Bonchev–Trinajstić information content (AvgIpc) is 3.35. The zero-order valence-electron chi connectivity index (χ0n) is 20.2. The van der Waals surface area contributed by atoms with Gasteiger partial charge in [-0.2, -0.15) is 10.4 Å². The van der Waals surface area contributed by atoms with E-state index in [2.05, 4.69) is 22.6 Å². The Morgan fingerprint density at radius 2 is 1.92 bits per heavy atom. The topological polar surface area (TPSA) is 96.6 Å². The van der Waals surface area contributed by atoms with Crippen LogP contribution in [0.4, 0.5) is 0 Å². The molecule has 0 aliphatic heterocycles. The van der Waals surface area contributed by atoms with E-state index in [1.807, 2.05) is 61.7 Å². The van der Waals surface area contributed by atoms with Crippen molar-refractivity contribution in [1.82, 2.24) is 19.7 Å². The lowest BCUT2D eigenvalue weighted by Crippen LogP contribution is -2.11. The highest BCUT2D eigenvalue weighted by Crippen LogP contribution is 2.30. The smallest absolute Gasteiger partial charge is 0.259 e. The van der Waals surface area contributed by atoms with Crippen LogP contribution in [-0.4, -0.2) is 26.4 Å². The highest BCUT2D eigenvalue weighted by molar-refractivity contribution is 5.91. The summed E-state index contributed by atoms with van der Waals surface area (Å²) >= 11 is 0. The van der Waals surface area contributed by atoms with Crippen LogP contribution in [0.5, 0.6) is 5.75 Å². The van der Waals surface area contributed by atoms with Gasteiger partial charge in [0.05, 0.1) is 22.2 Å². The number of aromatic nitrogens is 4. The molecule has 0 saturated carbocycles. The van der Waals surface area contributed by atoms with Crippen molar-refractivity contribution in [3.8, 4) is 28.8 Å². The molecule has 0 aliphatic rings. The van der Waals surface area contributed by atoms with E-state index in [0.717, 1.165) is 22.6 Å². The number of hydrogen-bond acceptors (Lipinski definition) is 5. The minimum atomic E-state index is -0.298. The van der Waals surface area contributed by atoms with Crippen LogP contribution in [0.1, 0.15) is 17.0 Å². The number of rotatable bonds is 7. The Morgan fingerprint density at radius 3 is 2.68 bits per heavy atom. The van der Waals surface area contributed by atoms with Crippen molar-refractivity contribution >= 4 is 22.6 Å². The summed E-state index contributed by atoms with van der Waals surface area (Å²) in [6, 6.07) is 24.8. The molecule has 0 aliphatic carbocycles. The normalized spacial score (nSPS) is 11.3. The van der Waals surface area contributed by atoms with E-state index in [1.54, 1.807) is 41.1 Å². The zero-order valence-corrected chi connectivity index (χ0v) is 20.2. The molecule has 3 aromatic carbocycles. The highest BCUT2D eigenvalue weighted by Gasteiger charge is 2.15. The number of ether oxygens (including phenoxy) is 1. The minimum absolute atomic E-state index is 0.203. The van der Waals surface area contributed by atoms with Gasteiger partial charge in [-0.3, -0.25) is 4.79 Å². The van der Waals surface area contributed by atoms with E-state index in [9.17, 15) is 10.1 Å². The lowest BCUT2D eigenvalue weighted by molar-refractivity contribution is 0.361. The lowest BCUT2D eigenvalue weighted by Gasteiger charge is -2.09. The molecule has 2 heterocycles. The molecular weight excluding hydrogens is 462 g/mol. The maximum Gasteiger partial charge on any atom is 0.259 e. The van der Waals surface area contributed by atoms with Crippen LogP contribution in [0, 0.1) is 18.3 Å². The first kappa shape index (κ1) is 23.5. The maximum absolute atomic E-state index is 12.6. The van der Waals surface area contributed by atoms with Gasteiger partial charge in [0.1, 0.15) is 24.1 Å². The van der Waals surface area contributed by atoms with Gasteiger partial charge in [-0.1, -0.05) is 43.0 Å². The Labute approximate surface area is 213 Å². The predicted molar refractivity (Wildman–Crippen MR) is 145 cm³/mol. The third-order valence-electron chi connectivity index (χ3n) is 5.86. The van der Waals surface area contributed by atoms with E-state index in [0.29, 0.717) is 28.8 Å². The lowest BCUT2D eigenvalue weighted by atomic mass is 10.0. The molecule has 1 N–H and O–H groups in total. The standard InChI is InChI=1S/C30H23N5O2/c1-3-15-37-27-14-13-21(16-20(27)2)28-23(19-35(34-28)24-9-5-4-6-10-24)17-22(18-31)29-32-26-12-8-7-11-25(26)30(36)33-29/h3-14,16-17,19H,1,15H2,2H3,(H,32,33,36)/b22-17+. The Kier molecular flexibility index (Phi) is 6.47. The van der Waals surface area contributed by atoms with Crippen molar-refractivity contribution in [3.05, 3.63) is 119 Å². The number of para-hydroxylation sites is 2. The Bertz CT molecular complexity index is 1740. The third kappa shape index (κ3) is 4.81. The fraction of sp³-hybridized carbons (Fsp3) is 0.0667. The second kappa shape index (κ2) is 10.2. The number of nitrogens with zero attached hydrogens (tertiary/aromatic N) is 4. The Hall–Kier alpha value is -5.22. The van der Waals surface area contributed by atoms with Gasteiger partial charge >= 0.3 is 0 Å². The Balaban J connectivity index is 1.65. The quantitative estimate of drug-likeness (QED) is 0.235. The summed E-state index contributed by atoms with van der Waals surface area (Å²) in [5.74, 6) is 0.966. The van der Waals surface area contributed by atoms with Crippen LogP contribution < -0.4 is 10.3 Å². The zero-order chi connectivity index (χ0) is 25.8. The number of allylic oxidation sites excluding steroid dienone is 1. The molecule has 0 saturated heterocycles. The van der Waals surface area contributed by atoms with Crippen molar-refractivity contribution in [3.63, 3.8) is 0 Å². The molecule has 2 aromatic heterocycles. The summed E-state index contributed by atoms with van der Waals surface area (Å²) in [5, 5.41) is 15.3. The van der Waals surface area contributed by atoms with Crippen LogP contribution in [0.2, 0.25) is 0 Å². The molecule has 5 rings (SSSR count). The fourth-order valence-corrected chi connectivity index (χ4v) is 4.06. The number of nitriles is 1. The summed E-state index contributed by atoms with van der Waals surface area (Å²) < 4.78 is 7.50. The van der Waals surface area contributed by atoms with Gasteiger partial charge in [0.25, 0.3) is 5.56 Å². The Morgan fingerprint density at radius 1 is 1.14 bits per heavy atom. The molecule has 0 fully saturated rings. The molecule has 5 aromatic rings. The van der Waals surface area contributed by atoms with E-state index in [1.165, 1.54) is 0 Å². The van der Waals surface area contributed by atoms with Gasteiger partial charge < -0.3 is 9.72 Å². The number of fused-ring (bicyclic) bond motifs is 1. The summed E-state index contributed by atoms with van der Waals surface area (Å²) in [6.07, 6.45) is 5.26. The SMILES string of the molecule is C=CCOc1ccc(-c2nn(-c3ccccc3)cc2/C=C(\C#N)c2nc3ccccc3c(=O)[nH]2)cc1C. The molecule has 0 bridgehead atoms. The second-order valence-electron chi connectivity index (χ2n) is 8.39. The fourth-order valence-electron chi connectivity index (χ4n) is 4.06. The molecule has 0 spiro atoms. The van der Waals surface area contributed by atoms with Crippen molar-refractivity contribution in [2.75, 3.05) is 6.61 Å². The first-order valence-electron chi connectivity index (χ1n) is 11.7. The van der Waals surface area contributed by atoms with Crippen molar-refractivity contribution in [2.24, 2.45) is 0 Å². The number of benzene rings is 3. The molecule has 0 radical (unpaired) electrons. The molecule has 0 amide bonds. The van der Waals surface area contributed by atoms with Crippen molar-refractivity contribution in [2.45, 2.75) is 6.92 Å². The molecule has 7 heteroatoms. The van der Waals surface area contributed by atoms with Gasteiger partial charge in [-0.15, -0.1) is 0 Å². The third-order valence-corrected chi connectivity index (χ3v) is 5.86. The summed E-state index contributed by atoms with van der Waals surface area (Å²) in [7, 11) is 0. The number of aryl methyl sites for hydroxylation is 1. The van der Waals surface area contributed by atoms with E-state index in [-0.39, 0.29) is 17.0 Å². The van der Waals surface area contributed by atoms with Gasteiger partial charge in [0, 0.05) is 17.3 Å². The largest absolute Gasteiger partial charge is 0.489 e. The molecule has 7 nitrogen and oxygen atoms in total. The number of aromatic amines is 1. The number of H-pyrrole nitrogens is 1. The van der Waals surface area contributed by atoms with Gasteiger partial charge in [0.2, 0.25) is 0 Å². The number of nitrogens with one attached hydrogen (secondary N) is 1. The highest BCUT2D eigenvalue weighted by atomic mass is 16.5. The second-order valence-corrected chi connectivity index (χ2v) is 8.39. The van der Waals surface area contributed by atoms with E-state index >= 15 is 0 Å².